The van der Waals surface area contributed by atoms with E-state index in [0.717, 1.165) is 58.5 Å². The van der Waals surface area contributed by atoms with E-state index in [1.165, 1.54) is 5.56 Å². The van der Waals surface area contributed by atoms with E-state index in [1.807, 2.05) is 24.3 Å². The van der Waals surface area contributed by atoms with Crippen LogP contribution in [0.2, 0.25) is 0 Å². The molecule has 1 aromatic heterocycles. The standard InChI is InChI=1S/C21H22BrN3O2S/c1-26-18-10-6-16(7-11-18)20-23-24-21(25(20)13-19-3-2-12-27-19)28-14-15-4-8-17(22)9-5-15/h4-11,19H,2-3,12-14H2,1H3. The molecule has 0 saturated carbocycles. The number of methoxy groups -OCH3 is 1. The van der Waals surface area contributed by atoms with E-state index in [2.05, 4.69) is 55.0 Å². The molecule has 2 heterocycles. The number of nitrogens with zero attached hydrogens (tertiary/aromatic N) is 3. The molecule has 0 bridgehead atoms. The van der Waals surface area contributed by atoms with Gasteiger partial charge in [0, 0.05) is 22.4 Å². The maximum absolute atomic E-state index is 5.87. The Morgan fingerprint density at radius 2 is 1.93 bits per heavy atom. The van der Waals surface area contributed by atoms with Crippen LogP contribution in [0.3, 0.4) is 0 Å². The average Bonchev–Trinajstić information content (AvgIpc) is 3.38. The summed E-state index contributed by atoms with van der Waals surface area (Å²) in [6.45, 7) is 1.61. The van der Waals surface area contributed by atoms with Crippen molar-refractivity contribution in [1.82, 2.24) is 14.8 Å². The number of hydrogen-bond donors (Lipinski definition) is 0. The van der Waals surface area contributed by atoms with Crippen LogP contribution >= 0.6 is 27.7 Å². The van der Waals surface area contributed by atoms with E-state index in [4.69, 9.17) is 9.47 Å². The smallest absolute Gasteiger partial charge is 0.191 e. The molecule has 4 rings (SSSR count). The lowest BCUT2D eigenvalue weighted by molar-refractivity contribution is 0.0953. The number of ether oxygens (including phenoxy) is 2. The topological polar surface area (TPSA) is 49.2 Å². The lowest BCUT2D eigenvalue weighted by Crippen LogP contribution is -2.16. The highest BCUT2D eigenvalue weighted by molar-refractivity contribution is 9.10. The van der Waals surface area contributed by atoms with Gasteiger partial charge >= 0.3 is 0 Å². The van der Waals surface area contributed by atoms with Crippen LogP contribution in [0.25, 0.3) is 11.4 Å². The fourth-order valence-corrected chi connectivity index (χ4v) is 4.40. The minimum absolute atomic E-state index is 0.222. The van der Waals surface area contributed by atoms with Crippen molar-refractivity contribution < 1.29 is 9.47 Å². The third-order valence-electron chi connectivity index (χ3n) is 4.76. The molecule has 0 N–H and O–H groups in total. The van der Waals surface area contributed by atoms with Gasteiger partial charge in [-0.1, -0.05) is 39.8 Å². The molecule has 5 nitrogen and oxygen atoms in total. The predicted molar refractivity (Wildman–Crippen MR) is 115 cm³/mol. The van der Waals surface area contributed by atoms with Crippen molar-refractivity contribution in [3.8, 4) is 17.1 Å². The number of thioether (sulfide) groups is 1. The molecule has 28 heavy (non-hydrogen) atoms. The van der Waals surface area contributed by atoms with Gasteiger partial charge in [0.2, 0.25) is 0 Å². The third kappa shape index (κ3) is 4.59. The Morgan fingerprint density at radius 3 is 2.61 bits per heavy atom. The minimum atomic E-state index is 0.222. The number of hydrogen-bond acceptors (Lipinski definition) is 5. The second-order valence-electron chi connectivity index (χ2n) is 6.70. The lowest BCUT2D eigenvalue weighted by Gasteiger charge is -2.15. The van der Waals surface area contributed by atoms with Gasteiger partial charge in [-0.25, -0.2) is 0 Å². The maximum Gasteiger partial charge on any atom is 0.191 e. The van der Waals surface area contributed by atoms with E-state index in [-0.39, 0.29) is 6.10 Å². The first-order chi connectivity index (χ1) is 13.7. The summed E-state index contributed by atoms with van der Waals surface area (Å²) < 4.78 is 14.4. The molecule has 0 amide bonds. The zero-order chi connectivity index (χ0) is 19.3. The lowest BCUT2D eigenvalue weighted by atomic mass is 10.2. The van der Waals surface area contributed by atoms with Crippen LogP contribution in [-0.4, -0.2) is 34.6 Å². The Hall–Kier alpha value is -1.83. The average molecular weight is 460 g/mol. The SMILES string of the molecule is COc1ccc(-c2nnc(SCc3ccc(Br)cc3)n2CC2CCCO2)cc1. The summed E-state index contributed by atoms with van der Waals surface area (Å²) in [6, 6.07) is 16.3. The van der Waals surface area contributed by atoms with Gasteiger partial charge in [-0.3, -0.25) is 4.57 Å². The summed E-state index contributed by atoms with van der Waals surface area (Å²) in [4.78, 5) is 0. The zero-order valence-electron chi connectivity index (χ0n) is 15.7. The summed E-state index contributed by atoms with van der Waals surface area (Å²) in [6.07, 6.45) is 2.42. The fourth-order valence-electron chi connectivity index (χ4n) is 3.23. The maximum atomic E-state index is 5.87. The van der Waals surface area contributed by atoms with Gasteiger partial charge in [0.1, 0.15) is 5.75 Å². The molecule has 0 spiro atoms. The van der Waals surface area contributed by atoms with Crippen LogP contribution in [0.15, 0.2) is 58.2 Å². The second kappa shape index (κ2) is 9.11. The second-order valence-corrected chi connectivity index (χ2v) is 8.55. The molecule has 146 valence electrons. The molecule has 0 aliphatic carbocycles. The predicted octanol–water partition coefficient (Wildman–Crippen LogP) is 5.19. The first kappa shape index (κ1) is 19.5. The first-order valence-corrected chi connectivity index (χ1v) is 11.1. The van der Waals surface area contributed by atoms with Crippen LogP contribution < -0.4 is 4.74 Å². The van der Waals surface area contributed by atoms with Crippen molar-refractivity contribution in [1.29, 1.82) is 0 Å². The normalized spacial score (nSPS) is 16.4. The van der Waals surface area contributed by atoms with E-state index in [9.17, 15) is 0 Å². The van der Waals surface area contributed by atoms with Crippen LogP contribution in [-0.2, 0) is 17.0 Å². The van der Waals surface area contributed by atoms with Gasteiger partial charge < -0.3 is 9.47 Å². The fraction of sp³-hybridized carbons (Fsp3) is 0.333. The minimum Gasteiger partial charge on any atom is -0.497 e. The number of halogens is 1. The van der Waals surface area contributed by atoms with Gasteiger partial charge in [-0.15, -0.1) is 10.2 Å². The van der Waals surface area contributed by atoms with Crippen molar-refractivity contribution in [2.75, 3.05) is 13.7 Å². The quantitative estimate of drug-likeness (QED) is 0.455. The van der Waals surface area contributed by atoms with Gasteiger partial charge in [-0.2, -0.15) is 0 Å². The van der Waals surface area contributed by atoms with Crippen molar-refractivity contribution >= 4 is 27.7 Å². The Morgan fingerprint density at radius 1 is 1.14 bits per heavy atom. The summed E-state index contributed by atoms with van der Waals surface area (Å²) in [5, 5.41) is 9.91. The highest BCUT2D eigenvalue weighted by atomic mass is 79.9. The van der Waals surface area contributed by atoms with Crippen LogP contribution in [0.1, 0.15) is 18.4 Å². The molecule has 2 aromatic carbocycles. The van der Waals surface area contributed by atoms with Crippen LogP contribution in [0.4, 0.5) is 0 Å². The summed E-state index contributed by atoms with van der Waals surface area (Å²) in [5.41, 5.74) is 2.28. The van der Waals surface area contributed by atoms with Gasteiger partial charge in [0.15, 0.2) is 11.0 Å². The van der Waals surface area contributed by atoms with E-state index in [0.29, 0.717) is 0 Å². The number of rotatable bonds is 7. The van der Waals surface area contributed by atoms with Gasteiger partial charge in [0.25, 0.3) is 0 Å². The number of benzene rings is 2. The van der Waals surface area contributed by atoms with Crippen LogP contribution in [0.5, 0.6) is 5.75 Å². The van der Waals surface area contributed by atoms with Crippen molar-refractivity contribution in [3.05, 3.63) is 58.6 Å². The summed E-state index contributed by atoms with van der Waals surface area (Å²) >= 11 is 5.19. The molecule has 1 unspecified atom stereocenters. The highest BCUT2D eigenvalue weighted by Crippen LogP contribution is 2.29. The van der Waals surface area contributed by atoms with Gasteiger partial charge in [0.05, 0.1) is 19.8 Å². The monoisotopic (exact) mass is 459 g/mol. The first-order valence-electron chi connectivity index (χ1n) is 9.29. The van der Waals surface area contributed by atoms with Crippen molar-refractivity contribution in [3.63, 3.8) is 0 Å². The Balaban J connectivity index is 1.59. The molecule has 1 saturated heterocycles. The van der Waals surface area contributed by atoms with Crippen molar-refractivity contribution in [2.24, 2.45) is 0 Å². The van der Waals surface area contributed by atoms with Gasteiger partial charge in [-0.05, 0) is 54.8 Å². The highest BCUT2D eigenvalue weighted by Gasteiger charge is 2.21. The summed E-state index contributed by atoms with van der Waals surface area (Å²) in [5.74, 6) is 2.55. The Kier molecular flexibility index (Phi) is 6.34. The third-order valence-corrected chi connectivity index (χ3v) is 6.32. The molecule has 7 heteroatoms. The van der Waals surface area contributed by atoms with E-state index in [1.54, 1.807) is 18.9 Å². The zero-order valence-corrected chi connectivity index (χ0v) is 18.1. The Bertz CT molecular complexity index is 906. The Labute approximate surface area is 177 Å². The number of aromatic nitrogens is 3. The largest absolute Gasteiger partial charge is 0.497 e. The van der Waals surface area contributed by atoms with E-state index < -0.39 is 0 Å². The molecule has 1 atom stereocenters. The molecular formula is C21H22BrN3O2S. The molecular weight excluding hydrogens is 438 g/mol. The van der Waals surface area contributed by atoms with Crippen LogP contribution in [0, 0.1) is 0 Å². The molecule has 1 fully saturated rings. The summed E-state index contributed by atoms with van der Waals surface area (Å²) in [7, 11) is 1.67. The molecule has 1 aliphatic heterocycles. The van der Waals surface area contributed by atoms with E-state index >= 15 is 0 Å². The molecule has 3 aromatic rings. The molecule has 1 aliphatic rings. The molecule has 0 radical (unpaired) electrons. The van der Waals surface area contributed by atoms with Crippen molar-refractivity contribution in [2.45, 2.75) is 36.4 Å².